The van der Waals surface area contributed by atoms with Crippen molar-refractivity contribution in [3.63, 3.8) is 0 Å². The molecule has 1 aromatic heterocycles. The van der Waals surface area contributed by atoms with Gasteiger partial charge in [0.05, 0.1) is 5.69 Å². The van der Waals surface area contributed by atoms with E-state index in [1.807, 2.05) is 41.0 Å². The number of isocyanates is 1. The molecule has 36 heavy (non-hydrogen) atoms. The van der Waals surface area contributed by atoms with Gasteiger partial charge in [0.1, 0.15) is 0 Å². The van der Waals surface area contributed by atoms with E-state index in [1.54, 1.807) is 12.1 Å². The molecule has 1 N–H and O–H groups in total. The molecule has 0 atom stereocenters. The minimum absolute atomic E-state index is 0.301. The fourth-order valence-electron chi connectivity index (χ4n) is 3.99. The molecular weight excluding hydrogens is 450 g/mol. The summed E-state index contributed by atoms with van der Waals surface area (Å²) in [6.07, 6.45) is 14.9. The number of carbonyl (C=O) groups is 1. The maximum Gasteiger partial charge on any atom is 0.411 e. The number of nitrogens with zero attached hydrogens (tertiary/aromatic N) is 2. The molecule has 0 aliphatic carbocycles. The van der Waals surface area contributed by atoms with Gasteiger partial charge in [-0.2, -0.15) is 4.99 Å². The van der Waals surface area contributed by atoms with Crippen molar-refractivity contribution in [1.82, 2.24) is 0 Å². The molecule has 0 spiro atoms. The van der Waals surface area contributed by atoms with E-state index in [2.05, 4.69) is 41.8 Å². The summed E-state index contributed by atoms with van der Waals surface area (Å²) in [5, 5.41) is 2.77. The molecule has 6 heteroatoms. The molecule has 6 nitrogen and oxygen atoms in total. The second-order valence-electron chi connectivity index (χ2n) is 8.97. The zero-order chi connectivity index (χ0) is 25.4. The Morgan fingerprint density at radius 1 is 0.861 bits per heavy atom. The first-order chi connectivity index (χ1) is 17.7. The Morgan fingerprint density at radius 2 is 1.50 bits per heavy atom. The van der Waals surface area contributed by atoms with Crippen molar-refractivity contribution in [3.8, 4) is 0 Å². The van der Waals surface area contributed by atoms with Crippen LogP contribution in [0.3, 0.4) is 0 Å². The SMILES string of the molecule is CCCCCCCCc1cc[n+](CCOC(=O)Nc2ccc(Cc3ccc(N=C=O)cc3)cc2)cc1. The number of aryl methyl sites for hydroxylation is 1. The predicted molar refractivity (Wildman–Crippen MR) is 142 cm³/mol. The van der Waals surface area contributed by atoms with Gasteiger partial charge in [0.2, 0.25) is 6.08 Å². The van der Waals surface area contributed by atoms with E-state index in [4.69, 9.17) is 4.74 Å². The van der Waals surface area contributed by atoms with Gasteiger partial charge in [0.15, 0.2) is 25.5 Å². The molecule has 1 amide bonds. The number of benzene rings is 2. The van der Waals surface area contributed by atoms with Gasteiger partial charge in [-0.3, -0.25) is 5.32 Å². The van der Waals surface area contributed by atoms with Crippen molar-refractivity contribution in [2.75, 3.05) is 11.9 Å². The lowest BCUT2D eigenvalue weighted by molar-refractivity contribution is -0.697. The van der Waals surface area contributed by atoms with Crippen LogP contribution in [0.2, 0.25) is 0 Å². The van der Waals surface area contributed by atoms with Crippen LogP contribution < -0.4 is 9.88 Å². The molecule has 0 unspecified atom stereocenters. The van der Waals surface area contributed by atoms with Crippen molar-refractivity contribution in [2.45, 2.75) is 64.8 Å². The van der Waals surface area contributed by atoms with E-state index in [0.29, 0.717) is 24.5 Å². The number of aliphatic imine (C=N–C) groups is 1. The highest BCUT2D eigenvalue weighted by Gasteiger charge is 2.07. The lowest BCUT2D eigenvalue weighted by Crippen LogP contribution is -2.36. The average Bonchev–Trinajstić information content (AvgIpc) is 2.89. The van der Waals surface area contributed by atoms with E-state index in [9.17, 15) is 9.59 Å². The smallest absolute Gasteiger partial charge is 0.411 e. The van der Waals surface area contributed by atoms with Crippen LogP contribution >= 0.6 is 0 Å². The average molecular weight is 487 g/mol. The third kappa shape index (κ3) is 9.85. The van der Waals surface area contributed by atoms with Crippen LogP contribution in [-0.4, -0.2) is 18.8 Å². The number of carbonyl (C=O) groups excluding carboxylic acids is 2. The summed E-state index contributed by atoms with van der Waals surface area (Å²) < 4.78 is 7.37. The highest BCUT2D eigenvalue weighted by molar-refractivity contribution is 5.84. The molecule has 0 radical (unpaired) electrons. The van der Waals surface area contributed by atoms with E-state index >= 15 is 0 Å². The second kappa shape index (κ2) is 15.3. The third-order valence-corrected chi connectivity index (χ3v) is 6.08. The fourth-order valence-corrected chi connectivity index (χ4v) is 3.99. The van der Waals surface area contributed by atoms with Gasteiger partial charge >= 0.3 is 6.09 Å². The number of amides is 1. The first-order valence-corrected chi connectivity index (χ1v) is 12.8. The fraction of sp³-hybridized carbons (Fsp3) is 0.367. The summed E-state index contributed by atoms with van der Waals surface area (Å²) in [6, 6.07) is 19.4. The monoisotopic (exact) mass is 486 g/mol. The Bertz CT molecular complexity index is 1100. The second-order valence-corrected chi connectivity index (χ2v) is 8.97. The lowest BCUT2D eigenvalue weighted by atomic mass is 10.0. The number of rotatable bonds is 14. The van der Waals surface area contributed by atoms with E-state index in [0.717, 1.165) is 24.0 Å². The number of unbranched alkanes of at least 4 members (excludes halogenated alkanes) is 5. The van der Waals surface area contributed by atoms with Crippen LogP contribution in [0.1, 0.15) is 62.1 Å². The normalized spacial score (nSPS) is 10.5. The Hall–Kier alpha value is -3.76. The summed E-state index contributed by atoms with van der Waals surface area (Å²) >= 11 is 0. The van der Waals surface area contributed by atoms with E-state index < -0.39 is 6.09 Å². The minimum atomic E-state index is -0.464. The molecule has 1 heterocycles. The number of aromatic nitrogens is 1. The number of ether oxygens (including phenoxy) is 1. The zero-order valence-electron chi connectivity index (χ0n) is 21.1. The largest absolute Gasteiger partial charge is 0.443 e. The molecule has 0 aliphatic heterocycles. The van der Waals surface area contributed by atoms with Crippen molar-refractivity contribution in [2.24, 2.45) is 4.99 Å². The highest BCUT2D eigenvalue weighted by atomic mass is 16.5. The number of hydrogen-bond donors (Lipinski definition) is 1. The molecule has 0 bridgehead atoms. The summed E-state index contributed by atoms with van der Waals surface area (Å²) in [4.78, 5) is 26.1. The van der Waals surface area contributed by atoms with Gasteiger partial charge in [0.25, 0.3) is 0 Å². The highest BCUT2D eigenvalue weighted by Crippen LogP contribution is 2.17. The molecule has 0 fully saturated rings. The maximum atomic E-state index is 12.2. The van der Waals surface area contributed by atoms with Crippen LogP contribution in [0.15, 0.2) is 78.0 Å². The van der Waals surface area contributed by atoms with Gasteiger partial charge in [-0.1, -0.05) is 63.3 Å². The van der Waals surface area contributed by atoms with Gasteiger partial charge in [-0.25, -0.2) is 14.2 Å². The van der Waals surface area contributed by atoms with Crippen LogP contribution in [0, 0.1) is 0 Å². The molecule has 3 aromatic rings. The molecule has 2 aromatic carbocycles. The molecule has 0 saturated carbocycles. The lowest BCUT2D eigenvalue weighted by Gasteiger charge is -2.07. The topological polar surface area (TPSA) is 71.6 Å². The maximum absolute atomic E-state index is 12.2. The van der Waals surface area contributed by atoms with E-state index in [1.165, 1.54) is 50.2 Å². The third-order valence-electron chi connectivity index (χ3n) is 6.08. The zero-order valence-corrected chi connectivity index (χ0v) is 21.1. The van der Waals surface area contributed by atoms with Crippen LogP contribution in [0.25, 0.3) is 0 Å². The number of nitrogens with one attached hydrogen (secondary N) is 1. The van der Waals surface area contributed by atoms with Crippen LogP contribution in [0.5, 0.6) is 0 Å². The molecule has 3 rings (SSSR count). The molecule has 0 aliphatic rings. The van der Waals surface area contributed by atoms with E-state index in [-0.39, 0.29) is 0 Å². The van der Waals surface area contributed by atoms with Crippen molar-refractivity contribution < 1.29 is 18.9 Å². The quantitative estimate of drug-likeness (QED) is 0.119. The van der Waals surface area contributed by atoms with Gasteiger partial charge in [-0.15, -0.1) is 0 Å². The Morgan fingerprint density at radius 3 is 2.17 bits per heavy atom. The summed E-state index contributed by atoms with van der Waals surface area (Å²) in [6.45, 7) is 3.16. The Balaban J connectivity index is 1.34. The van der Waals surface area contributed by atoms with Gasteiger partial charge in [0, 0.05) is 17.8 Å². The van der Waals surface area contributed by atoms with Gasteiger partial charge < -0.3 is 4.74 Å². The van der Waals surface area contributed by atoms with Crippen LogP contribution in [-0.2, 0) is 28.9 Å². The first-order valence-electron chi connectivity index (χ1n) is 12.8. The standard InChI is InChI=1S/C30H35N3O3/c1-2-3-4-5-6-7-8-25-17-19-33(20-18-25)21-22-36-30(35)32-29-15-11-27(12-16-29)23-26-9-13-28(14-10-26)31-24-34/h9-20H,2-8,21-23H2,1H3/p+1. The van der Waals surface area contributed by atoms with Crippen molar-refractivity contribution in [3.05, 3.63) is 89.7 Å². The first kappa shape index (κ1) is 26.8. The summed E-state index contributed by atoms with van der Waals surface area (Å²) in [5.41, 5.74) is 4.84. The van der Waals surface area contributed by atoms with Crippen LogP contribution in [0.4, 0.5) is 16.2 Å². The number of pyridine rings is 1. The summed E-state index contributed by atoms with van der Waals surface area (Å²) in [7, 11) is 0. The minimum Gasteiger partial charge on any atom is -0.443 e. The van der Waals surface area contributed by atoms with Crippen molar-refractivity contribution in [1.29, 1.82) is 0 Å². The molecule has 0 saturated heterocycles. The predicted octanol–water partition coefficient (Wildman–Crippen LogP) is 6.68. The summed E-state index contributed by atoms with van der Waals surface area (Å²) in [5.74, 6) is 0. The van der Waals surface area contributed by atoms with Crippen molar-refractivity contribution >= 4 is 23.5 Å². The molecule has 188 valence electrons. The Labute approximate surface area is 214 Å². The number of hydrogen-bond acceptors (Lipinski definition) is 4. The van der Waals surface area contributed by atoms with Gasteiger partial charge in [-0.05, 0) is 60.2 Å². The Kier molecular flexibility index (Phi) is 11.4. The molecular formula is C30H36N3O3+. The number of anilines is 1.